The molecule has 1 N–H and O–H groups in total. The lowest BCUT2D eigenvalue weighted by atomic mass is 9.97. The van der Waals surface area contributed by atoms with Crippen LogP contribution in [0.4, 0.5) is 13.2 Å². The summed E-state index contributed by atoms with van der Waals surface area (Å²) in [4.78, 5) is 0. The minimum absolute atomic E-state index is 0.00464. The first-order valence-electron chi connectivity index (χ1n) is 6.80. The van der Waals surface area contributed by atoms with E-state index in [2.05, 4.69) is 5.32 Å². The number of nitrogens with one attached hydrogen (secondary N) is 1. The molecule has 0 bridgehead atoms. The molecule has 0 spiro atoms. The SMILES string of the molecule is CNC(Cc1ccc(C)cc1)c1ccc(C(F)(F)F)cc1. The van der Waals surface area contributed by atoms with E-state index in [0.29, 0.717) is 0 Å². The summed E-state index contributed by atoms with van der Waals surface area (Å²) in [5.41, 5.74) is 2.58. The van der Waals surface area contributed by atoms with Gasteiger partial charge in [-0.1, -0.05) is 42.0 Å². The van der Waals surface area contributed by atoms with E-state index >= 15 is 0 Å². The van der Waals surface area contributed by atoms with Crippen LogP contribution < -0.4 is 5.32 Å². The number of rotatable bonds is 4. The Kier molecular flexibility index (Phi) is 4.68. The molecule has 21 heavy (non-hydrogen) atoms. The van der Waals surface area contributed by atoms with Crippen molar-refractivity contribution in [1.29, 1.82) is 0 Å². The molecule has 0 amide bonds. The van der Waals surface area contributed by atoms with Crippen LogP contribution in [0.5, 0.6) is 0 Å². The van der Waals surface area contributed by atoms with Crippen molar-refractivity contribution >= 4 is 0 Å². The molecule has 0 aliphatic rings. The van der Waals surface area contributed by atoms with Gasteiger partial charge in [0.15, 0.2) is 0 Å². The van der Waals surface area contributed by atoms with Gasteiger partial charge in [0, 0.05) is 6.04 Å². The van der Waals surface area contributed by atoms with E-state index in [9.17, 15) is 13.2 Å². The van der Waals surface area contributed by atoms with Crippen LogP contribution in [0.15, 0.2) is 48.5 Å². The van der Waals surface area contributed by atoms with E-state index in [1.807, 2.05) is 38.2 Å². The standard InChI is InChI=1S/C17H18F3N/c1-12-3-5-13(6-4-12)11-16(21-2)14-7-9-15(10-8-14)17(18,19)20/h3-10,16,21H,11H2,1-2H3. The largest absolute Gasteiger partial charge is 0.416 e. The Bertz CT molecular complexity index is 570. The first-order valence-corrected chi connectivity index (χ1v) is 6.80. The molecule has 0 aliphatic carbocycles. The maximum absolute atomic E-state index is 12.6. The lowest BCUT2D eigenvalue weighted by Gasteiger charge is -2.18. The summed E-state index contributed by atoms with van der Waals surface area (Å²) in [6, 6.07) is 13.5. The van der Waals surface area contributed by atoms with Gasteiger partial charge in [-0.15, -0.1) is 0 Å². The molecule has 0 aliphatic heterocycles. The summed E-state index contributed by atoms with van der Waals surface area (Å²) in [7, 11) is 1.82. The number of hydrogen-bond acceptors (Lipinski definition) is 1. The molecule has 112 valence electrons. The second-order valence-corrected chi connectivity index (χ2v) is 5.15. The molecule has 0 saturated heterocycles. The fourth-order valence-electron chi connectivity index (χ4n) is 2.25. The summed E-state index contributed by atoms with van der Waals surface area (Å²) in [6.07, 6.45) is -3.55. The molecule has 2 rings (SSSR count). The smallest absolute Gasteiger partial charge is 0.313 e. The van der Waals surface area contributed by atoms with E-state index in [0.717, 1.165) is 29.7 Å². The average molecular weight is 293 g/mol. The molecular weight excluding hydrogens is 275 g/mol. The van der Waals surface area contributed by atoms with Crippen molar-refractivity contribution in [3.8, 4) is 0 Å². The Morgan fingerprint density at radius 3 is 2.00 bits per heavy atom. The summed E-state index contributed by atoms with van der Waals surface area (Å²) in [5, 5.41) is 3.16. The third-order valence-electron chi connectivity index (χ3n) is 3.55. The van der Waals surface area contributed by atoms with Crippen LogP contribution in [0.1, 0.15) is 28.3 Å². The molecule has 2 aromatic rings. The topological polar surface area (TPSA) is 12.0 Å². The number of aryl methyl sites for hydroxylation is 1. The van der Waals surface area contributed by atoms with E-state index in [-0.39, 0.29) is 6.04 Å². The Labute approximate surface area is 122 Å². The fraction of sp³-hybridized carbons (Fsp3) is 0.294. The first-order chi connectivity index (χ1) is 9.90. The van der Waals surface area contributed by atoms with Crippen LogP contribution in [0.2, 0.25) is 0 Å². The van der Waals surface area contributed by atoms with Gasteiger partial charge in [0.2, 0.25) is 0 Å². The van der Waals surface area contributed by atoms with Gasteiger partial charge in [0.05, 0.1) is 5.56 Å². The van der Waals surface area contributed by atoms with E-state index in [4.69, 9.17) is 0 Å². The second kappa shape index (κ2) is 6.31. The Balaban J connectivity index is 2.15. The predicted octanol–water partition coefficient (Wildman–Crippen LogP) is 4.52. The van der Waals surface area contributed by atoms with Gasteiger partial charge < -0.3 is 5.32 Å². The zero-order valence-electron chi connectivity index (χ0n) is 12.0. The van der Waals surface area contributed by atoms with Crippen molar-refractivity contribution in [1.82, 2.24) is 5.32 Å². The van der Waals surface area contributed by atoms with E-state index in [1.54, 1.807) is 0 Å². The predicted molar refractivity (Wildman–Crippen MR) is 78.1 cm³/mol. The molecular formula is C17H18F3N. The molecule has 0 saturated carbocycles. The molecule has 0 aromatic heterocycles. The molecule has 1 nitrogen and oxygen atoms in total. The third kappa shape index (κ3) is 4.08. The molecule has 1 unspecified atom stereocenters. The lowest BCUT2D eigenvalue weighted by molar-refractivity contribution is -0.137. The molecule has 4 heteroatoms. The summed E-state index contributed by atoms with van der Waals surface area (Å²) in [6.45, 7) is 2.02. The zero-order chi connectivity index (χ0) is 15.5. The van der Waals surface area contributed by atoms with Crippen LogP contribution in [-0.4, -0.2) is 7.05 Å². The van der Waals surface area contributed by atoms with Crippen LogP contribution in [0.3, 0.4) is 0 Å². The van der Waals surface area contributed by atoms with Gasteiger partial charge in [0.25, 0.3) is 0 Å². The Morgan fingerprint density at radius 2 is 1.52 bits per heavy atom. The Morgan fingerprint density at radius 1 is 0.952 bits per heavy atom. The van der Waals surface area contributed by atoms with Gasteiger partial charge in [0.1, 0.15) is 0 Å². The van der Waals surface area contributed by atoms with Gasteiger partial charge in [-0.05, 0) is 43.7 Å². The minimum atomic E-state index is -4.29. The van der Waals surface area contributed by atoms with Crippen molar-refractivity contribution < 1.29 is 13.2 Å². The number of hydrogen-bond donors (Lipinski definition) is 1. The van der Waals surface area contributed by atoms with E-state index < -0.39 is 11.7 Å². The van der Waals surface area contributed by atoms with Crippen molar-refractivity contribution in [3.05, 3.63) is 70.8 Å². The van der Waals surface area contributed by atoms with Crippen molar-refractivity contribution in [2.45, 2.75) is 25.6 Å². The molecule has 0 heterocycles. The van der Waals surface area contributed by atoms with Crippen LogP contribution >= 0.6 is 0 Å². The second-order valence-electron chi connectivity index (χ2n) is 5.15. The number of alkyl halides is 3. The number of likely N-dealkylation sites (N-methyl/N-ethyl adjacent to an activating group) is 1. The molecule has 2 aromatic carbocycles. The maximum atomic E-state index is 12.6. The summed E-state index contributed by atoms with van der Waals surface area (Å²) >= 11 is 0. The van der Waals surface area contributed by atoms with Crippen LogP contribution in [-0.2, 0) is 12.6 Å². The molecule has 0 radical (unpaired) electrons. The average Bonchev–Trinajstić information content (AvgIpc) is 2.46. The quantitative estimate of drug-likeness (QED) is 0.874. The maximum Gasteiger partial charge on any atom is 0.416 e. The lowest BCUT2D eigenvalue weighted by Crippen LogP contribution is -2.19. The third-order valence-corrected chi connectivity index (χ3v) is 3.55. The number of halogens is 3. The van der Waals surface area contributed by atoms with Gasteiger partial charge in [-0.3, -0.25) is 0 Å². The zero-order valence-corrected chi connectivity index (χ0v) is 12.0. The van der Waals surface area contributed by atoms with Crippen molar-refractivity contribution in [2.24, 2.45) is 0 Å². The highest BCUT2D eigenvalue weighted by Gasteiger charge is 2.30. The minimum Gasteiger partial charge on any atom is -0.313 e. The normalized spacial score (nSPS) is 13.2. The highest BCUT2D eigenvalue weighted by molar-refractivity contribution is 5.29. The molecule has 0 fully saturated rings. The Hall–Kier alpha value is -1.81. The monoisotopic (exact) mass is 293 g/mol. The van der Waals surface area contributed by atoms with Crippen LogP contribution in [0, 0.1) is 6.92 Å². The summed E-state index contributed by atoms with van der Waals surface area (Å²) < 4.78 is 37.7. The van der Waals surface area contributed by atoms with Crippen molar-refractivity contribution in [3.63, 3.8) is 0 Å². The fourth-order valence-corrected chi connectivity index (χ4v) is 2.25. The molecule has 1 atom stereocenters. The van der Waals surface area contributed by atoms with Crippen LogP contribution in [0.25, 0.3) is 0 Å². The van der Waals surface area contributed by atoms with E-state index in [1.165, 1.54) is 17.7 Å². The summed E-state index contributed by atoms with van der Waals surface area (Å²) in [5.74, 6) is 0. The highest BCUT2D eigenvalue weighted by atomic mass is 19.4. The van der Waals surface area contributed by atoms with Gasteiger partial charge in [-0.25, -0.2) is 0 Å². The number of benzene rings is 2. The van der Waals surface area contributed by atoms with Crippen molar-refractivity contribution in [2.75, 3.05) is 7.05 Å². The first kappa shape index (κ1) is 15.6. The van der Waals surface area contributed by atoms with Gasteiger partial charge >= 0.3 is 6.18 Å². The van der Waals surface area contributed by atoms with Gasteiger partial charge in [-0.2, -0.15) is 13.2 Å². The highest BCUT2D eigenvalue weighted by Crippen LogP contribution is 2.30.